The van der Waals surface area contributed by atoms with Gasteiger partial charge in [-0.3, -0.25) is 0 Å². The van der Waals surface area contributed by atoms with Crippen molar-refractivity contribution in [1.82, 2.24) is 4.98 Å². The number of rotatable bonds is 0. The van der Waals surface area contributed by atoms with Gasteiger partial charge in [0.25, 0.3) is 0 Å². The van der Waals surface area contributed by atoms with E-state index >= 15 is 0 Å². The van der Waals surface area contributed by atoms with Crippen molar-refractivity contribution in [3.63, 3.8) is 0 Å². The Morgan fingerprint density at radius 1 is 1.67 bits per heavy atom. The Morgan fingerprint density at radius 3 is 2.67 bits per heavy atom. The van der Waals surface area contributed by atoms with Gasteiger partial charge < -0.3 is 2.85 Å². The standard InChI is InChI=1S/C5H3BrClN.Mg.2H/c6-5-3-4(7)1-2-8-5;;;/h1-3H;;;/q;+2;2*-1. The van der Waals surface area contributed by atoms with E-state index in [1.54, 1.807) is 18.3 Å². The van der Waals surface area contributed by atoms with Crippen LogP contribution in [0.5, 0.6) is 0 Å². The second kappa shape index (κ2) is 4.49. The van der Waals surface area contributed by atoms with Crippen LogP contribution in [-0.4, -0.2) is 28.0 Å². The fraction of sp³-hybridized carbons (Fsp3) is 0. The zero-order valence-corrected chi connectivity index (χ0v) is 8.40. The Morgan fingerprint density at radius 2 is 2.33 bits per heavy atom. The average molecular weight is 219 g/mol. The van der Waals surface area contributed by atoms with Gasteiger partial charge in [-0.25, -0.2) is 4.98 Å². The Bertz CT molecular complexity index is 184. The van der Waals surface area contributed by atoms with E-state index in [0.29, 0.717) is 5.02 Å². The summed E-state index contributed by atoms with van der Waals surface area (Å²) in [5.74, 6) is 0. The number of hydrogen-bond donors (Lipinski definition) is 0. The second-order valence-electron chi connectivity index (χ2n) is 1.30. The zero-order chi connectivity index (χ0) is 5.98. The molecule has 9 heavy (non-hydrogen) atoms. The summed E-state index contributed by atoms with van der Waals surface area (Å²) < 4.78 is 0.769. The number of hydrogen-bond acceptors (Lipinski definition) is 1. The van der Waals surface area contributed by atoms with Crippen LogP contribution in [0, 0.1) is 0 Å². The number of nitrogens with zero attached hydrogens (tertiary/aromatic N) is 1. The molecule has 0 aliphatic carbocycles. The third kappa shape index (κ3) is 3.40. The van der Waals surface area contributed by atoms with E-state index < -0.39 is 0 Å². The van der Waals surface area contributed by atoms with Gasteiger partial charge in [0.15, 0.2) is 0 Å². The Labute approximate surface area is 86.1 Å². The molecule has 4 heteroatoms. The zero-order valence-electron chi connectivity index (χ0n) is 6.64. The molecule has 1 rings (SSSR count). The molecule has 1 aromatic heterocycles. The van der Waals surface area contributed by atoms with Gasteiger partial charge in [-0.05, 0) is 28.1 Å². The van der Waals surface area contributed by atoms with Crippen LogP contribution >= 0.6 is 27.5 Å². The molecule has 0 N–H and O–H groups in total. The predicted octanol–water partition coefficient (Wildman–Crippen LogP) is 2.34. The molecule has 1 heterocycles. The minimum atomic E-state index is 0. The van der Waals surface area contributed by atoms with Crippen LogP contribution < -0.4 is 0 Å². The second-order valence-corrected chi connectivity index (χ2v) is 2.55. The summed E-state index contributed by atoms with van der Waals surface area (Å²) in [6.45, 7) is 0. The molecular weight excluding hydrogens is 214 g/mol. The van der Waals surface area contributed by atoms with Crippen LogP contribution in [0.1, 0.15) is 2.85 Å². The van der Waals surface area contributed by atoms with E-state index in [-0.39, 0.29) is 25.9 Å². The van der Waals surface area contributed by atoms with Gasteiger partial charge in [0.2, 0.25) is 0 Å². The van der Waals surface area contributed by atoms with Crippen LogP contribution in [-0.2, 0) is 0 Å². The monoisotopic (exact) mass is 217 g/mol. The third-order valence-corrected chi connectivity index (χ3v) is 1.36. The van der Waals surface area contributed by atoms with Gasteiger partial charge in [-0.15, -0.1) is 0 Å². The summed E-state index contributed by atoms with van der Waals surface area (Å²) in [6, 6.07) is 3.47. The van der Waals surface area contributed by atoms with Gasteiger partial charge in [-0.2, -0.15) is 0 Å². The van der Waals surface area contributed by atoms with Crippen molar-refractivity contribution in [2.75, 3.05) is 0 Å². The summed E-state index contributed by atoms with van der Waals surface area (Å²) in [5, 5.41) is 0.701. The predicted molar refractivity (Wildman–Crippen MR) is 44.9 cm³/mol. The first-order chi connectivity index (χ1) is 3.79. The van der Waals surface area contributed by atoms with E-state index in [2.05, 4.69) is 20.9 Å². The fourth-order valence-corrected chi connectivity index (χ4v) is 1.04. The first kappa shape index (κ1) is 9.69. The van der Waals surface area contributed by atoms with Crippen molar-refractivity contribution in [2.45, 2.75) is 0 Å². The van der Waals surface area contributed by atoms with Gasteiger partial charge >= 0.3 is 23.1 Å². The molecule has 0 radical (unpaired) electrons. The van der Waals surface area contributed by atoms with Crippen molar-refractivity contribution >= 4 is 50.6 Å². The summed E-state index contributed by atoms with van der Waals surface area (Å²) >= 11 is 8.74. The maximum absolute atomic E-state index is 5.57. The molecule has 0 atom stereocenters. The van der Waals surface area contributed by atoms with Crippen molar-refractivity contribution in [3.05, 3.63) is 28.0 Å². The smallest absolute Gasteiger partial charge is 1.00 e. The maximum atomic E-state index is 5.57. The summed E-state index contributed by atoms with van der Waals surface area (Å²) in [7, 11) is 0. The summed E-state index contributed by atoms with van der Waals surface area (Å²) in [5.41, 5.74) is 0. The van der Waals surface area contributed by atoms with Gasteiger partial charge in [-0.1, -0.05) is 11.6 Å². The molecule has 0 spiro atoms. The Kier molecular flexibility index (Phi) is 4.84. The van der Waals surface area contributed by atoms with E-state index in [1.807, 2.05) is 0 Å². The van der Waals surface area contributed by atoms with Crippen LogP contribution in [0.3, 0.4) is 0 Å². The Balaban J connectivity index is -0.000000213. The molecule has 0 aliphatic heterocycles. The third-order valence-electron chi connectivity index (χ3n) is 0.689. The summed E-state index contributed by atoms with van der Waals surface area (Å²) in [6.07, 6.45) is 1.65. The van der Waals surface area contributed by atoms with Crippen molar-refractivity contribution < 1.29 is 2.85 Å². The van der Waals surface area contributed by atoms with E-state index in [0.717, 1.165) is 4.60 Å². The molecule has 0 fully saturated rings. The van der Waals surface area contributed by atoms with Crippen molar-refractivity contribution in [3.8, 4) is 0 Å². The molecule has 0 aromatic carbocycles. The van der Waals surface area contributed by atoms with Crippen molar-refractivity contribution in [2.24, 2.45) is 0 Å². The van der Waals surface area contributed by atoms with E-state index in [4.69, 9.17) is 11.6 Å². The van der Waals surface area contributed by atoms with Gasteiger partial charge in [0.1, 0.15) is 4.60 Å². The molecule has 0 amide bonds. The van der Waals surface area contributed by atoms with Gasteiger partial charge in [0.05, 0.1) is 0 Å². The van der Waals surface area contributed by atoms with E-state index in [1.165, 1.54) is 0 Å². The van der Waals surface area contributed by atoms with Crippen molar-refractivity contribution in [1.29, 1.82) is 0 Å². The van der Waals surface area contributed by atoms with Crippen LogP contribution in [0.15, 0.2) is 22.9 Å². The molecule has 0 bridgehead atoms. The largest absolute Gasteiger partial charge is 2.00 e. The SMILES string of the molecule is Clc1ccnc(Br)c1.[H-].[H-].[Mg+2]. The maximum Gasteiger partial charge on any atom is 2.00 e. The fourth-order valence-electron chi connectivity index (χ4n) is 0.379. The minimum absolute atomic E-state index is 0. The molecule has 1 aromatic rings. The quantitative estimate of drug-likeness (QED) is 0.481. The molecule has 1 nitrogen and oxygen atoms in total. The number of halogens is 2. The van der Waals surface area contributed by atoms with E-state index in [9.17, 15) is 0 Å². The average Bonchev–Trinajstić information content (AvgIpc) is 1.64. The number of aromatic nitrogens is 1. The normalized spacial score (nSPS) is 8.22. The first-order valence-corrected chi connectivity index (χ1v) is 3.23. The first-order valence-electron chi connectivity index (χ1n) is 2.06. The molecule has 0 aliphatic rings. The molecule has 0 saturated heterocycles. The molecule has 0 saturated carbocycles. The number of pyridine rings is 1. The molecule has 46 valence electrons. The Hall–Kier alpha value is 0.686. The van der Waals surface area contributed by atoms with Crippen LogP contribution in [0.25, 0.3) is 0 Å². The molecule has 0 unspecified atom stereocenters. The topological polar surface area (TPSA) is 12.9 Å². The van der Waals surface area contributed by atoms with Crippen LogP contribution in [0.4, 0.5) is 0 Å². The van der Waals surface area contributed by atoms with Gasteiger partial charge in [0, 0.05) is 11.2 Å². The summed E-state index contributed by atoms with van der Waals surface area (Å²) in [4.78, 5) is 3.87. The van der Waals surface area contributed by atoms with Crippen LogP contribution in [0.2, 0.25) is 5.02 Å². The molecular formula is C5H5BrClMgN. The minimum Gasteiger partial charge on any atom is -1.00 e.